The maximum Gasteiger partial charge on any atom is 0.514 e. The van der Waals surface area contributed by atoms with Crippen molar-refractivity contribution in [2.24, 2.45) is 0 Å². The van der Waals surface area contributed by atoms with Gasteiger partial charge in [0.1, 0.15) is 18.0 Å². The highest BCUT2D eigenvalue weighted by molar-refractivity contribution is 5.67. The zero-order valence-corrected chi connectivity index (χ0v) is 19.2. The molecule has 6 atom stereocenters. The van der Waals surface area contributed by atoms with E-state index in [1.54, 1.807) is 24.3 Å². The summed E-state index contributed by atoms with van der Waals surface area (Å²) in [6, 6.07) is 12.7. The van der Waals surface area contributed by atoms with Gasteiger partial charge >= 0.3 is 18.3 Å². The Morgan fingerprint density at radius 2 is 1.72 bits per heavy atom. The fourth-order valence-corrected chi connectivity index (χ4v) is 3.93. The zero-order valence-electron chi connectivity index (χ0n) is 19.2. The van der Waals surface area contributed by atoms with Crippen LogP contribution in [0.1, 0.15) is 24.3 Å². The summed E-state index contributed by atoms with van der Waals surface area (Å²) in [7, 11) is 1.28. The lowest BCUT2D eigenvalue weighted by atomic mass is 9.97. The predicted octanol–water partition coefficient (Wildman–Crippen LogP) is 4.01. The molecule has 36 heavy (non-hydrogen) atoms. The number of alkyl halides is 3. The monoisotopic (exact) mass is 512 g/mol. The maximum atomic E-state index is 13.0. The first-order chi connectivity index (χ1) is 17.2. The molecule has 2 aromatic carbocycles. The second kappa shape index (κ2) is 10.8. The van der Waals surface area contributed by atoms with Crippen LogP contribution in [-0.4, -0.2) is 56.5 Å². The highest BCUT2D eigenvalue weighted by Gasteiger charge is 2.54. The highest BCUT2D eigenvalue weighted by Crippen LogP contribution is 2.37. The molecule has 0 aliphatic carbocycles. The normalized spacial score (nSPS) is 28.0. The van der Waals surface area contributed by atoms with Gasteiger partial charge in [0, 0.05) is 19.6 Å². The quantitative estimate of drug-likeness (QED) is 0.435. The Bertz CT molecular complexity index is 1060. The van der Waals surface area contributed by atoms with Crippen LogP contribution in [0.25, 0.3) is 0 Å². The fraction of sp³-hybridized carbons (Fsp3) is 0.417. The van der Waals surface area contributed by atoms with Gasteiger partial charge in [-0.05, 0) is 18.2 Å². The van der Waals surface area contributed by atoms with Gasteiger partial charge in [-0.25, -0.2) is 4.79 Å². The average molecular weight is 512 g/mol. The minimum atomic E-state index is -4.63. The molecule has 0 N–H and O–H groups in total. The van der Waals surface area contributed by atoms with Crippen LogP contribution in [0.2, 0.25) is 0 Å². The van der Waals surface area contributed by atoms with E-state index in [4.69, 9.17) is 33.2 Å². The molecule has 0 saturated carbocycles. The van der Waals surface area contributed by atoms with Crippen molar-refractivity contribution in [3.63, 3.8) is 0 Å². The molecule has 9 nitrogen and oxygen atoms in total. The minimum Gasteiger partial charge on any atom is -0.455 e. The number of carbonyl (C=O) groups excluding carboxylic acids is 2. The molecular weight excluding hydrogens is 489 g/mol. The van der Waals surface area contributed by atoms with Crippen molar-refractivity contribution < 1.29 is 55.9 Å². The van der Waals surface area contributed by atoms with Crippen LogP contribution < -0.4 is 4.74 Å². The number of carbonyl (C=O) groups is 2. The summed E-state index contributed by atoms with van der Waals surface area (Å²) in [6.45, 7) is 1.22. The van der Waals surface area contributed by atoms with Gasteiger partial charge < -0.3 is 33.2 Å². The van der Waals surface area contributed by atoms with Crippen molar-refractivity contribution >= 4 is 12.1 Å². The molecule has 0 unspecified atom stereocenters. The fourth-order valence-electron chi connectivity index (χ4n) is 3.93. The molecule has 2 aliphatic rings. The molecule has 0 amide bonds. The summed E-state index contributed by atoms with van der Waals surface area (Å²) < 4.78 is 77.6. The first kappa shape index (κ1) is 25.9. The Labute approximate surface area is 203 Å². The van der Waals surface area contributed by atoms with Gasteiger partial charge in [0.05, 0.1) is 12.2 Å². The van der Waals surface area contributed by atoms with Crippen LogP contribution in [0.4, 0.5) is 18.0 Å². The molecule has 12 heteroatoms. The van der Waals surface area contributed by atoms with Crippen molar-refractivity contribution in [2.75, 3.05) is 13.7 Å². The molecular formula is C24H23F3O9. The Morgan fingerprint density at radius 1 is 0.972 bits per heavy atom. The summed E-state index contributed by atoms with van der Waals surface area (Å²) in [5.41, 5.74) is -0.306. The SMILES string of the molecule is CO[C@H]1O[C@@H]2CO[C@@H](c3ccccc3)O[C@H]2[C@H](OC(C)=O)[C@H]1OC(=O)Oc1cccc(C(F)(F)F)c1. The maximum absolute atomic E-state index is 13.0. The molecule has 2 heterocycles. The number of halogens is 3. The van der Waals surface area contributed by atoms with Gasteiger partial charge in [0.2, 0.25) is 0 Å². The van der Waals surface area contributed by atoms with Crippen molar-refractivity contribution in [3.8, 4) is 5.75 Å². The molecule has 0 radical (unpaired) electrons. The van der Waals surface area contributed by atoms with Crippen molar-refractivity contribution in [3.05, 3.63) is 65.7 Å². The lowest BCUT2D eigenvalue weighted by Gasteiger charge is -2.47. The summed E-state index contributed by atoms with van der Waals surface area (Å²) in [4.78, 5) is 24.5. The predicted molar refractivity (Wildman–Crippen MR) is 114 cm³/mol. The molecule has 0 spiro atoms. The topological polar surface area (TPSA) is 98.8 Å². The van der Waals surface area contributed by atoms with Crippen LogP contribution in [0.15, 0.2) is 54.6 Å². The van der Waals surface area contributed by atoms with Crippen LogP contribution in [-0.2, 0) is 39.4 Å². The van der Waals surface area contributed by atoms with E-state index in [1.165, 1.54) is 7.11 Å². The van der Waals surface area contributed by atoms with E-state index in [-0.39, 0.29) is 6.61 Å². The van der Waals surface area contributed by atoms with E-state index in [0.717, 1.165) is 25.1 Å². The number of ether oxygens (including phenoxy) is 7. The number of benzene rings is 2. The second-order valence-corrected chi connectivity index (χ2v) is 7.99. The van der Waals surface area contributed by atoms with E-state index in [0.29, 0.717) is 11.6 Å². The Morgan fingerprint density at radius 3 is 2.39 bits per heavy atom. The Hall–Kier alpha value is -3.19. The molecule has 0 aromatic heterocycles. The molecule has 2 aliphatic heterocycles. The van der Waals surface area contributed by atoms with E-state index < -0.39 is 66.6 Å². The number of hydrogen-bond acceptors (Lipinski definition) is 9. The third-order valence-corrected chi connectivity index (χ3v) is 5.48. The van der Waals surface area contributed by atoms with E-state index in [2.05, 4.69) is 0 Å². The third kappa shape index (κ3) is 5.95. The van der Waals surface area contributed by atoms with Gasteiger partial charge in [0.15, 0.2) is 24.8 Å². The van der Waals surface area contributed by atoms with E-state index >= 15 is 0 Å². The molecule has 2 aromatic rings. The van der Waals surface area contributed by atoms with Crippen molar-refractivity contribution in [1.29, 1.82) is 0 Å². The zero-order chi connectivity index (χ0) is 25.9. The van der Waals surface area contributed by atoms with Gasteiger partial charge in [-0.15, -0.1) is 0 Å². The molecule has 194 valence electrons. The lowest BCUT2D eigenvalue weighted by Crippen LogP contribution is -2.64. The van der Waals surface area contributed by atoms with Crippen molar-refractivity contribution in [1.82, 2.24) is 0 Å². The van der Waals surface area contributed by atoms with Crippen LogP contribution in [0.3, 0.4) is 0 Å². The van der Waals surface area contributed by atoms with Crippen LogP contribution in [0.5, 0.6) is 5.75 Å². The number of esters is 1. The summed E-state index contributed by atoms with van der Waals surface area (Å²) in [6.07, 6.45) is -12.2. The Balaban J connectivity index is 1.54. The van der Waals surface area contributed by atoms with E-state index in [9.17, 15) is 22.8 Å². The summed E-state index contributed by atoms with van der Waals surface area (Å²) in [5.74, 6) is -1.09. The van der Waals surface area contributed by atoms with Gasteiger partial charge in [0.25, 0.3) is 0 Å². The Kier molecular flexibility index (Phi) is 7.79. The summed E-state index contributed by atoms with van der Waals surface area (Å²) in [5, 5.41) is 0. The first-order valence-electron chi connectivity index (χ1n) is 10.9. The molecule has 2 fully saturated rings. The summed E-state index contributed by atoms with van der Waals surface area (Å²) >= 11 is 0. The first-order valence-corrected chi connectivity index (χ1v) is 10.9. The number of hydrogen-bond donors (Lipinski definition) is 0. The van der Waals surface area contributed by atoms with Gasteiger partial charge in [-0.3, -0.25) is 4.79 Å². The molecule has 2 saturated heterocycles. The highest BCUT2D eigenvalue weighted by atomic mass is 19.4. The largest absolute Gasteiger partial charge is 0.514 e. The standard InChI is InChI=1S/C24H23F3O9/c1-13(28)32-19-18-17(12-31-21(35-18)14-7-4-3-5-8-14)34-22(30-2)20(19)36-23(29)33-16-10-6-9-15(11-16)24(25,26)27/h3-11,17-22H,12H2,1-2H3/t17-,18-,19+,20-,21-,22+/m1/s1. The smallest absolute Gasteiger partial charge is 0.455 e. The number of methoxy groups -OCH3 is 1. The average Bonchev–Trinajstić information content (AvgIpc) is 2.85. The molecule has 0 bridgehead atoms. The number of fused-ring (bicyclic) bond motifs is 1. The molecule has 4 rings (SSSR count). The number of rotatable bonds is 5. The van der Waals surface area contributed by atoms with Crippen molar-refractivity contribution in [2.45, 2.75) is 50.1 Å². The lowest BCUT2D eigenvalue weighted by molar-refractivity contribution is -0.358. The third-order valence-electron chi connectivity index (χ3n) is 5.48. The van der Waals surface area contributed by atoms with Crippen LogP contribution in [0, 0.1) is 0 Å². The van der Waals surface area contributed by atoms with E-state index in [1.807, 2.05) is 6.07 Å². The van der Waals surface area contributed by atoms with Gasteiger partial charge in [-0.2, -0.15) is 13.2 Å². The second-order valence-electron chi connectivity index (χ2n) is 7.99. The van der Waals surface area contributed by atoms with Gasteiger partial charge in [-0.1, -0.05) is 36.4 Å². The minimum absolute atomic E-state index is 0.0588. The van der Waals surface area contributed by atoms with Crippen LogP contribution >= 0.6 is 0 Å².